The lowest BCUT2D eigenvalue weighted by atomic mass is 9.94. The summed E-state index contributed by atoms with van der Waals surface area (Å²) >= 11 is 6.56. The lowest BCUT2D eigenvalue weighted by Crippen LogP contribution is -2.09. The van der Waals surface area contributed by atoms with E-state index in [-0.39, 0.29) is 0 Å². The van der Waals surface area contributed by atoms with Crippen LogP contribution in [0.3, 0.4) is 0 Å². The smallest absolute Gasteiger partial charge is 0.162 e. The number of benzene rings is 2. The van der Waals surface area contributed by atoms with Crippen LogP contribution in [0.5, 0.6) is 5.75 Å². The Morgan fingerprint density at radius 1 is 1.23 bits per heavy atom. The fourth-order valence-electron chi connectivity index (χ4n) is 3.50. The Morgan fingerprint density at radius 3 is 2.90 bits per heavy atom. The van der Waals surface area contributed by atoms with Gasteiger partial charge in [0.15, 0.2) is 11.5 Å². The maximum atomic E-state index is 9.26. The summed E-state index contributed by atoms with van der Waals surface area (Å²) in [6.07, 6.45) is 3.74. The number of H-pyrrole nitrogens is 1. The van der Waals surface area contributed by atoms with E-state index in [4.69, 9.17) is 16.3 Å². The van der Waals surface area contributed by atoms with Crippen LogP contribution in [0.4, 0.5) is 5.82 Å². The molecule has 4 aromatic rings. The second kappa shape index (κ2) is 8.39. The molecule has 0 bridgehead atoms. The minimum atomic E-state index is 0.587. The van der Waals surface area contributed by atoms with Crippen LogP contribution in [0.15, 0.2) is 43.0 Å². The van der Waals surface area contributed by atoms with Gasteiger partial charge >= 0.3 is 0 Å². The van der Waals surface area contributed by atoms with Crippen LogP contribution in [0.25, 0.3) is 22.3 Å². The maximum absolute atomic E-state index is 9.26. The molecule has 0 spiro atoms. The van der Waals surface area contributed by atoms with Gasteiger partial charge < -0.3 is 15.0 Å². The Labute approximate surface area is 178 Å². The molecule has 2 aromatic carbocycles. The fraction of sp³-hybridized carbons (Fsp3) is 0.182. The molecule has 0 radical (unpaired) electrons. The number of fused-ring (bicyclic) bond motifs is 1. The summed E-state index contributed by atoms with van der Waals surface area (Å²) in [5, 5.41) is 13.2. The van der Waals surface area contributed by atoms with Crippen molar-refractivity contribution in [3.8, 4) is 22.9 Å². The normalized spacial score (nSPS) is 10.7. The minimum absolute atomic E-state index is 0.587. The molecule has 0 aliphatic heterocycles. The number of rotatable bonds is 6. The Balaban J connectivity index is 1.66. The average molecular weight is 419 g/mol. The van der Waals surface area contributed by atoms with E-state index < -0.39 is 0 Å². The van der Waals surface area contributed by atoms with Crippen molar-refractivity contribution in [1.82, 2.24) is 19.9 Å². The summed E-state index contributed by atoms with van der Waals surface area (Å²) < 4.78 is 5.79. The first-order valence-electron chi connectivity index (χ1n) is 9.36. The van der Waals surface area contributed by atoms with Gasteiger partial charge in [-0.15, -0.1) is 0 Å². The molecule has 2 heterocycles. The topological polar surface area (TPSA) is 99.5 Å². The summed E-state index contributed by atoms with van der Waals surface area (Å²) in [7, 11) is 1.65. The van der Waals surface area contributed by atoms with E-state index in [1.54, 1.807) is 19.5 Å². The Bertz CT molecular complexity index is 1260. The number of aromatic nitrogens is 4. The molecule has 0 aliphatic carbocycles. The quantitative estimate of drug-likeness (QED) is 0.477. The molecule has 0 unspecified atom stereocenters. The van der Waals surface area contributed by atoms with Crippen LogP contribution < -0.4 is 10.1 Å². The van der Waals surface area contributed by atoms with Gasteiger partial charge in [-0.1, -0.05) is 23.7 Å². The zero-order valence-corrected chi connectivity index (χ0v) is 17.3. The molecule has 0 saturated heterocycles. The third kappa shape index (κ3) is 3.65. The number of halogens is 1. The van der Waals surface area contributed by atoms with Crippen molar-refractivity contribution >= 4 is 28.6 Å². The Hall–Kier alpha value is -3.63. The number of nitrogens with one attached hydrogen (secondary N) is 2. The number of nitriles is 1. The van der Waals surface area contributed by atoms with E-state index in [2.05, 4.69) is 31.3 Å². The van der Waals surface area contributed by atoms with Crippen LogP contribution in [0.1, 0.15) is 16.7 Å². The van der Waals surface area contributed by atoms with E-state index in [0.717, 1.165) is 28.0 Å². The molecular formula is C22H19ClN6O. The van der Waals surface area contributed by atoms with Crippen molar-refractivity contribution in [2.45, 2.75) is 13.3 Å². The number of nitrogens with zero attached hydrogens (tertiary/aromatic N) is 4. The number of methoxy groups -OCH3 is 1. The predicted molar refractivity (Wildman–Crippen MR) is 117 cm³/mol. The second-order valence-corrected chi connectivity index (χ2v) is 7.15. The third-order valence-corrected chi connectivity index (χ3v) is 5.33. The van der Waals surface area contributed by atoms with Crippen molar-refractivity contribution in [2.75, 3.05) is 19.0 Å². The molecule has 2 N–H and O–H groups in total. The summed E-state index contributed by atoms with van der Waals surface area (Å²) in [6.45, 7) is 2.56. The van der Waals surface area contributed by atoms with Gasteiger partial charge in [-0.2, -0.15) is 5.26 Å². The van der Waals surface area contributed by atoms with Crippen LogP contribution in [0, 0.1) is 18.3 Å². The zero-order chi connectivity index (χ0) is 21.1. The molecule has 4 rings (SSSR count). The first-order valence-corrected chi connectivity index (χ1v) is 9.74. The largest absolute Gasteiger partial charge is 0.496 e. The van der Waals surface area contributed by atoms with Crippen molar-refractivity contribution in [2.24, 2.45) is 0 Å². The SMILES string of the molecule is COc1c(CCNc2ncnc3[nH]cnc23)cc(Cl)c(C)c1-c1cccc(C#N)c1. The van der Waals surface area contributed by atoms with Crippen LogP contribution in [-0.4, -0.2) is 33.6 Å². The number of aromatic amines is 1. The molecule has 150 valence electrons. The molecule has 0 saturated carbocycles. The number of imidazole rings is 1. The lowest BCUT2D eigenvalue weighted by Gasteiger charge is -2.18. The standard InChI is InChI=1S/C22H19ClN6O/c1-13-17(23)9-16(6-7-25-21-19-22(27-11-26-19)29-12-28-21)20(30-2)18(13)15-5-3-4-14(8-15)10-24/h3-5,8-9,11-12H,6-7H2,1-2H3,(H2,25,26,27,28,29). The van der Waals surface area contributed by atoms with Gasteiger partial charge in [0.25, 0.3) is 0 Å². The van der Waals surface area contributed by atoms with Gasteiger partial charge in [0, 0.05) is 17.1 Å². The average Bonchev–Trinajstić information content (AvgIpc) is 3.25. The van der Waals surface area contributed by atoms with Crippen LogP contribution in [0.2, 0.25) is 5.02 Å². The van der Waals surface area contributed by atoms with Crippen molar-refractivity contribution < 1.29 is 4.74 Å². The van der Waals surface area contributed by atoms with E-state index in [0.29, 0.717) is 40.5 Å². The molecule has 0 atom stereocenters. The molecule has 0 aliphatic rings. The zero-order valence-electron chi connectivity index (χ0n) is 16.5. The molecule has 8 heteroatoms. The summed E-state index contributed by atoms with van der Waals surface area (Å²) in [4.78, 5) is 15.7. The Morgan fingerprint density at radius 2 is 2.10 bits per heavy atom. The highest BCUT2D eigenvalue weighted by atomic mass is 35.5. The summed E-state index contributed by atoms with van der Waals surface area (Å²) in [5.74, 6) is 1.42. The molecule has 0 fully saturated rings. The highest BCUT2D eigenvalue weighted by Gasteiger charge is 2.18. The fourth-order valence-corrected chi connectivity index (χ4v) is 3.72. The van der Waals surface area contributed by atoms with Crippen molar-refractivity contribution in [3.05, 3.63) is 64.7 Å². The summed E-state index contributed by atoms with van der Waals surface area (Å²) in [6, 6.07) is 11.6. The van der Waals surface area contributed by atoms with Crippen LogP contribution >= 0.6 is 11.6 Å². The first-order chi connectivity index (χ1) is 14.6. The highest BCUT2D eigenvalue weighted by Crippen LogP contribution is 2.40. The van der Waals surface area contributed by atoms with Gasteiger partial charge in [-0.3, -0.25) is 0 Å². The van der Waals surface area contributed by atoms with Gasteiger partial charge in [0.1, 0.15) is 17.6 Å². The van der Waals surface area contributed by atoms with E-state index >= 15 is 0 Å². The monoisotopic (exact) mass is 418 g/mol. The maximum Gasteiger partial charge on any atom is 0.162 e. The van der Waals surface area contributed by atoms with E-state index in [9.17, 15) is 5.26 Å². The van der Waals surface area contributed by atoms with E-state index in [1.165, 1.54) is 6.33 Å². The highest BCUT2D eigenvalue weighted by molar-refractivity contribution is 6.32. The first kappa shape index (κ1) is 19.7. The minimum Gasteiger partial charge on any atom is -0.496 e. The molecule has 2 aromatic heterocycles. The van der Waals surface area contributed by atoms with Crippen molar-refractivity contribution in [1.29, 1.82) is 5.26 Å². The number of anilines is 1. The molecule has 30 heavy (non-hydrogen) atoms. The molecular weight excluding hydrogens is 400 g/mol. The summed E-state index contributed by atoms with van der Waals surface area (Å²) in [5.41, 5.74) is 5.63. The third-order valence-electron chi connectivity index (χ3n) is 4.94. The predicted octanol–water partition coefficient (Wildman–Crippen LogP) is 4.52. The molecule has 7 nitrogen and oxygen atoms in total. The van der Waals surface area contributed by atoms with E-state index in [1.807, 2.05) is 31.2 Å². The van der Waals surface area contributed by atoms with Crippen molar-refractivity contribution in [3.63, 3.8) is 0 Å². The van der Waals surface area contributed by atoms with Gasteiger partial charge in [-0.05, 0) is 48.2 Å². The second-order valence-electron chi connectivity index (χ2n) is 6.74. The van der Waals surface area contributed by atoms with Crippen LogP contribution in [-0.2, 0) is 6.42 Å². The van der Waals surface area contributed by atoms with Gasteiger partial charge in [0.05, 0.1) is 25.1 Å². The van der Waals surface area contributed by atoms with Gasteiger partial charge in [0.2, 0.25) is 0 Å². The number of hydrogen-bond acceptors (Lipinski definition) is 6. The van der Waals surface area contributed by atoms with Gasteiger partial charge in [-0.25, -0.2) is 15.0 Å². The Kier molecular flexibility index (Phi) is 5.50. The number of ether oxygens (including phenoxy) is 1. The number of hydrogen-bond donors (Lipinski definition) is 2. The molecule has 0 amide bonds. The lowest BCUT2D eigenvalue weighted by molar-refractivity contribution is 0.411.